The van der Waals surface area contributed by atoms with Gasteiger partial charge in [-0.3, -0.25) is 0 Å². The Bertz CT molecular complexity index is 879. The summed E-state index contributed by atoms with van der Waals surface area (Å²) in [4.78, 5) is 16.8. The van der Waals surface area contributed by atoms with E-state index in [4.69, 9.17) is 4.98 Å². The number of hydrogen-bond donors (Lipinski definition) is 1. The number of anilines is 4. The van der Waals surface area contributed by atoms with Crippen LogP contribution in [-0.4, -0.2) is 60.7 Å². The second kappa shape index (κ2) is 8.64. The highest BCUT2D eigenvalue weighted by molar-refractivity contribution is 5.70. The molecule has 1 aliphatic carbocycles. The molecular formula is C24H32N6. The Labute approximate surface area is 179 Å². The Morgan fingerprint density at radius 1 is 0.967 bits per heavy atom. The maximum absolute atomic E-state index is 4.92. The summed E-state index contributed by atoms with van der Waals surface area (Å²) < 4.78 is 0. The summed E-state index contributed by atoms with van der Waals surface area (Å²) in [5, 5.41) is 3.41. The predicted molar refractivity (Wildman–Crippen MR) is 125 cm³/mol. The molecule has 6 heteroatoms. The zero-order chi connectivity index (χ0) is 20.3. The number of fused-ring (bicyclic) bond motifs is 1. The topological polar surface area (TPSA) is 47.5 Å². The summed E-state index contributed by atoms with van der Waals surface area (Å²) in [6.45, 7) is 5.36. The molecule has 1 saturated carbocycles. The van der Waals surface area contributed by atoms with Gasteiger partial charge in [0.25, 0.3) is 0 Å². The number of hydrogen-bond acceptors (Lipinski definition) is 6. The van der Waals surface area contributed by atoms with Gasteiger partial charge in [-0.15, -0.1) is 0 Å². The molecule has 2 aromatic rings. The maximum atomic E-state index is 4.92. The van der Waals surface area contributed by atoms with Crippen LogP contribution in [0.15, 0.2) is 36.5 Å². The fourth-order valence-electron chi connectivity index (χ4n) is 4.83. The fraction of sp³-hybridized carbons (Fsp3) is 0.500. The average Bonchev–Trinajstić information content (AvgIpc) is 2.80. The first-order chi connectivity index (χ1) is 14.8. The lowest BCUT2D eigenvalue weighted by molar-refractivity contribution is 0.313. The van der Waals surface area contributed by atoms with E-state index in [2.05, 4.69) is 68.5 Å². The van der Waals surface area contributed by atoms with Crippen molar-refractivity contribution in [1.82, 2.24) is 14.9 Å². The molecule has 0 amide bonds. The lowest BCUT2D eigenvalue weighted by Crippen LogP contribution is -2.44. The van der Waals surface area contributed by atoms with Crippen LogP contribution in [-0.2, 0) is 0 Å². The average molecular weight is 405 g/mol. The van der Waals surface area contributed by atoms with Crippen molar-refractivity contribution < 1.29 is 0 Å². The van der Waals surface area contributed by atoms with Gasteiger partial charge in [-0.1, -0.05) is 31.4 Å². The molecule has 0 unspecified atom stereocenters. The molecule has 6 nitrogen and oxygen atoms in total. The van der Waals surface area contributed by atoms with E-state index >= 15 is 0 Å². The minimum absolute atomic E-state index is 0.605. The van der Waals surface area contributed by atoms with Crippen LogP contribution in [0.1, 0.15) is 37.7 Å². The molecule has 1 aromatic carbocycles. The zero-order valence-electron chi connectivity index (χ0n) is 17.9. The summed E-state index contributed by atoms with van der Waals surface area (Å²) in [5.74, 6) is 1.76. The summed E-state index contributed by atoms with van der Waals surface area (Å²) in [6.07, 6.45) is 12.9. The number of likely N-dealkylation sites (N-methyl/N-ethyl adjacent to an activating group) is 1. The van der Waals surface area contributed by atoms with E-state index in [-0.39, 0.29) is 0 Å². The second-order valence-corrected chi connectivity index (χ2v) is 8.78. The molecule has 1 aromatic heterocycles. The number of nitrogens with zero attached hydrogens (tertiary/aromatic N) is 5. The van der Waals surface area contributed by atoms with Gasteiger partial charge < -0.3 is 20.0 Å². The van der Waals surface area contributed by atoms with Crippen LogP contribution in [0.3, 0.4) is 0 Å². The summed E-state index contributed by atoms with van der Waals surface area (Å²) >= 11 is 0. The van der Waals surface area contributed by atoms with Crippen LogP contribution in [0.25, 0.3) is 6.08 Å². The van der Waals surface area contributed by atoms with Gasteiger partial charge in [0.05, 0.1) is 0 Å². The molecule has 5 rings (SSSR count). The third-order valence-electron chi connectivity index (χ3n) is 6.67. The van der Waals surface area contributed by atoms with Crippen molar-refractivity contribution in [2.24, 2.45) is 0 Å². The van der Waals surface area contributed by atoms with Gasteiger partial charge >= 0.3 is 0 Å². The third-order valence-corrected chi connectivity index (χ3v) is 6.67. The molecule has 158 valence electrons. The third kappa shape index (κ3) is 4.15. The van der Waals surface area contributed by atoms with Crippen LogP contribution in [0, 0.1) is 0 Å². The number of nitrogens with one attached hydrogen (secondary N) is 1. The van der Waals surface area contributed by atoms with E-state index in [9.17, 15) is 0 Å². The SMILES string of the molecule is CN1CCN(c2ccc(Nc3ncc4c(n3)N(C3CCCCC3)CC=C4)cc2)CC1. The molecule has 3 aliphatic rings. The van der Waals surface area contributed by atoms with Crippen LogP contribution >= 0.6 is 0 Å². The molecule has 0 spiro atoms. The molecule has 1 saturated heterocycles. The van der Waals surface area contributed by atoms with Gasteiger partial charge in [0, 0.05) is 61.9 Å². The maximum Gasteiger partial charge on any atom is 0.229 e. The van der Waals surface area contributed by atoms with E-state index in [1.54, 1.807) is 0 Å². The van der Waals surface area contributed by atoms with Gasteiger partial charge in [-0.05, 0) is 44.2 Å². The zero-order valence-corrected chi connectivity index (χ0v) is 17.9. The number of benzene rings is 1. The van der Waals surface area contributed by atoms with E-state index in [1.165, 1.54) is 37.8 Å². The van der Waals surface area contributed by atoms with E-state index in [1.807, 2.05) is 6.20 Å². The second-order valence-electron chi connectivity index (χ2n) is 8.78. The highest BCUT2D eigenvalue weighted by atomic mass is 15.3. The van der Waals surface area contributed by atoms with E-state index < -0.39 is 0 Å². The van der Waals surface area contributed by atoms with Crippen LogP contribution in [0.2, 0.25) is 0 Å². The van der Waals surface area contributed by atoms with Gasteiger partial charge in [0.1, 0.15) is 5.82 Å². The minimum Gasteiger partial charge on any atom is -0.369 e. The van der Waals surface area contributed by atoms with Crippen molar-refractivity contribution >= 4 is 29.2 Å². The van der Waals surface area contributed by atoms with Crippen molar-refractivity contribution in [1.29, 1.82) is 0 Å². The van der Waals surface area contributed by atoms with Crippen LogP contribution in [0.5, 0.6) is 0 Å². The summed E-state index contributed by atoms with van der Waals surface area (Å²) in [5.41, 5.74) is 3.44. The highest BCUT2D eigenvalue weighted by Crippen LogP contribution is 2.32. The Balaban J connectivity index is 1.30. The van der Waals surface area contributed by atoms with Crippen molar-refractivity contribution in [2.45, 2.75) is 38.1 Å². The predicted octanol–water partition coefficient (Wildman–Crippen LogP) is 4.14. The summed E-state index contributed by atoms with van der Waals surface area (Å²) in [6, 6.07) is 9.27. The molecule has 0 bridgehead atoms. The molecule has 30 heavy (non-hydrogen) atoms. The molecule has 0 radical (unpaired) electrons. The van der Waals surface area contributed by atoms with Gasteiger partial charge in [-0.2, -0.15) is 4.98 Å². The Hall–Kier alpha value is -2.60. The Morgan fingerprint density at radius 2 is 1.73 bits per heavy atom. The van der Waals surface area contributed by atoms with Crippen LogP contribution < -0.4 is 15.1 Å². The standard InChI is InChI=1S/C24H32N6/c1-28-14-16-29(17-15-28)21-11-9-20(10-12-21)26-24-25-18-19-6-5-13-30(23(19)27-24)22-7-3-2-4-8-22/h5-6,9-12,18,22H,2-4,7-8,13-17H2,1H3,(H,25,26,27). The number of piperazine rings is 1. The number of rotatable bonds is 4. The van der Waals surface area contributed by atoms with Crippen molar-refractivity contribution in [2.75, 3.05) is 54.9 Å². The van der Waals surface area contributed by atoms with Crippen LogP contribution in [0.4, 0.5) is 23.1 Å². The molecule has 0 atom stereocenters. The lowest BCUT2D eigenvalue weighted by atomic mass is 9.93. The largest absolute Gasteiger partial charge is 0.369 e. The Morgan fingerprint density at radius 3 is 2.50 bits per heavy atom. The Kier molecular flexibility index (Phi) is 5.58. The van der Waals surface area contributed by atoms with Gasteiger partial charge in [0.15, 0.2) is 0 Å². The van der Waals surface area contributed by atoms with Crippen molar-refractivity contribution in [3.8, 4) is 0 Å². The van der Waals surface area contributed by atoms with Gasteiger partial charge in [0.2, 0.25) is 5.95 Å². The first-order valence-corrected chi connectivity index (χ1v) is 11.4. The summed E-state index contributed by atoms with van der Waals surface area (Å²) in [7, 11) is 2.19. The molecular weight excluding hydrogens is 372 g/mol. The molecule has 3 heterocycles. The fourth-order valence-corrected chi connectivity index (χ4v) is 4.83. The van der Waals surface area contributed by atoms with Gasteiger partial charge in [-0.25, -0.2) is 4.98 Å². The highest BCUT2D eigenvalue weighted by Gasteiger charge is 2.25. The quantitative estimate of drug-likeness (QED) is 0.827. The molecule has 2 aliphatic heterocycles. The van der Waals surface area contributed by atoms with E-state index in [0.717, 1.165) is 49.8 Å². The van der Waals surface area contributed by atoms with Crippen molar-refractivity contribution in [3.63, 3.8) is 0 Å². The normalized spacial score (nSPS) is 20.3. The monoisotopic (exact) mass is 404 g/mol. The van der Waals surface area contributed by atoms with Crippen molar-refractivity contribution in [3.05, 3.63) is 42.1 Å². The minimum atomic E-state index is 0.605. The first kappa shape index (κ1) is 19.4. The lowest BCUT2D eigenvalue weighted by Gasteiger charge is -2.37. The van der Waals surface area contributed by atoms with E-state index in [0.29, 0.717) is 12.0 Å². The first-order valence-electron chi connectivity index (χ1n) is 11.4. The molecule has 1 N–H and O–H groups in total. The smallest absolute Gasteiger partial charge is 0.229 e. The molecule has 2 fully saturated rings. The number of aromatic nitrogens is 2.